The van der Waals surface area contributed by atoms with E-state index in [1.165, 1.54) is 0 Å². The number of aliphatic hydroxyl groups excluding tert-OH is 1. The standard InChI is InChI=1S/C5H8ClNO3/c6-10-5(9)4-1-3(8)2-7-4/h3-4,7-8H,1-2H2/t3-,4+/m1/s1. The molecule has 0 spiro atoms. The summed E-state index contributed by atoms with van der Waals surface area (Å²) < 4.78 is 3.94. The first-order valence-electron chi connectivity index (χ1n) is 2.98. The van der Waals surface area contributed by atoms with Crippen molar-refractivity contribution in [3.05, 3.63) is 0 Å². The van der Waals surface area contributed by atoms with Crippen LogP contribution in [0.5, 0.6) is 0 Å². The topological polar surface area (TPSA) is 58.6 Å². The van der Waals surface area contributed by atoms with E-state index in [4.69, 9.17) is 17.0 Å². The van der Waals surface area contributed by atoms with Gasteiger partial charge in [-0.15, -0.1) is 0 Å². The number of carbonyl (C=O) groups excluding carboxylic acids is 1. The third kappa shape index (κ3) is 1.59. The van der Waals surface area contributed by atoms with E-state index < -0.39 is 18.1 Å². The van der Waals surface area contributed by atoms with Crippen molar-refractivity contribution in [3.63, 3.8) is 0 Å². The molecule has 10 heavy (non-hydrogen) atoms. The molecule has 0 unspecified atom stereocenters. The van der Waals surface area contributed by atoms with E-state index in [0.29, 0.717) is 13.0 Å². The molecule has 0 aromatic rings. The van der Waals surface area contributed by atoms with Gasteiger partial charge in [-0.1, -0.05) is 0 Å². The maximum Gasteiger partial charge on any atom is 0.341 e. The van der Waals surface area contributed by atoms with Crippen LogP contribution in [0.2, 0.25) is 0 Å². The zero-order chi connectivity index (χ0) is 7.56. The predicted octanol–water partition coefficient (Wildman–Crippen LogP) is -0.594. The Balaban J connectivity index is 2.37. The minimum atomic E-state index is -0.529. The molecule has 0 radical (unpaired) electrons. The van der Waals surface area contributed by atoms with Crippen LogP contribution in [0.3, 0.4) is 0 Å². The van der Waals surface area contributed by atoms with Crippen molar-refractivity contribution >= 4 is 17.8 Å². The second-order valence-electron chi connectivity index (χ2n) is 2.25. The Morgan fingerprint density at radius 1 is 1.80 bits per heavy atom. The first-order valence-corrected chi connectivity index (χ1v) is 3.29. The lowest BCUT2D eigenvalue weighted by Gasteiger charge is -2.02. The Morgan fingerprint density at radius 3 is 2.90 bits per heavy atom. The number of nitrogens with one attached hydrogen (secondary N) is 1. The number of aliphatic hydroxyl groups is 1. The second-order valence-corrected chi connectivity index (χ2v) is 2.40. The molecule has 0 saturated carbocycles. The summed E-state index contributed by atoms with van der Waals surface area (Å²) in [4.78, 5) is 10.6. The van der Waals surface area contributed by atoms with E-state index >= 15 is 0 Å². The van der Waals surface area contributed by atoms with Gasteiger partial charge in [0.15, 0.2) is 0 Å². The lowest BCUT2D eigenvalue weighted by atomic mass is 10.2. The molecule has 5 heteroatoms. The Labute approximate surface area is 63.3 Å². The van der Waals surface area contributed by atoms with E-state index in [2.05, 4.69) is 9.61 Å². The zero-order valence-corrected chi connectivity index (χ0v) is 5.97. The smallest absolute Gasteiger partial charge is 0.341 e. The summed E-state index contributed by atoms with van der Waals surface area (Å²) in [6.07, 6.45) is -0.0771. The van der Waals surface area contributed by atoms with E-state index in [1.54, 1.807) is 0 Å². The quantitative estimate of drug-likeness (QED) is 0.545. The van der Waals surface area contributed by atoms with Crippen molar-refractivity contribution in [3.8, 4) is 0 Å². The van der Waals surface area contributed by atoms with E-state index in [-0.39, 0.29) is 0 Å². The Bertz CT molecular complexity index is 141. The monoisotopic (exact) mass is 165 g/mol. The summed E-state index contributed by atoms with van der Waals surface area (Å²) in [6, 6.07) is -0.438. The van der Waals surface area contributed by atoms with Gasteiger partial charge in [0.25, 0.3) is 0 Å². The summed E-state index contributed by atoms with van der Waals surface area (Å²) in [5.41, 5.74) is 0. The number of rotatable bonds is 1. The molecule has 2 N–H and O–H groups in total. The molecule has 1 fully saturated rings. The maximum atomic E-state index is 10.6. The molecule has 1 aliphatic heterocycles. The van der Waals surface area contributed by atoms with Gasteiger partial charge < -0.3 is 14.7 Å². The summed E-state index contributed by atoms with van der Waals surface area (Å²) in [7, 11) is 0. The zero-order valence-electron chi connectivity index (χ0n) is 5.21. The van der Waals surface area contributed by atoms with Crippen LogP contribution in [-0.2, 0) is 9.08 Å². The van der Waals surface area contributed by atoms with Crippen LogP contribution >= 0.6 is 11.9 Å². The molecule has 4 nitrogen and oxygen atoms in total. The van der Waals surface area contributed by atoms with Gasteiger partial charge in [0.2, 0.25) is 0 Å². The molecule has 0 bridgehead atoms. The lowest BCUT2D eigenvalue weighted by Crippen LogP contribution is -2.30. The number of hydrogen-bond acceptors (Lipinski definition) is 4. The molecule has 0 amide bonds. The molecule has 0 aromatic carbocycles. The molecule has 1 aliphatic rings. The number of carbonyl (C=O) groups is 1. The third-order valence-electron chi connectivity index (χ3n) is 1.47. The average Bonchev–Trinajstić information content (AvgIpc) is 2.34. The van der Waals surface area contributed by atoms with E-state index in [0.717, 1.165) is 0 Å². The first-order chi connectivity index (χ1) is 4.74. The molecule has 58 valence electrons. The fourth-order valence-corrected chi connectivity index (χ4v) is 1.06. The summed E-state index contributed by atoms with van der Waals surface area (Å²) in [5.74, 6) is -0.529. The number of halogens is 1. The minimum Gasteiger partial charge on any atom is -0.392 e. The largest absolute Gasteiger partial charge is 0.392 e. The van der Waals surface area contributed by atoms with Crippen LogP contribution in [0.15, 0.2) is 0 Å². The summed E-state index contributed by atoms with van der Waals surface area (Å²) >= 11 is 4.81. The molecule has 0 aliphatic carbocycles. The SMILES string of the molecule is O=C(OCl)[C@@H]1C[C@@H](O)CN1. The normalized spacial score (nSPS) is 32.2. The van der Waals surface area contributed by atoms with Crippen molar-refractivity contribution in [2.75, 3.05) is 6.54 Å². The number of β-amino-alcohol motifs (C(OH)–C–C–N with tert-alkyl or cyclic N) is 1. The van der Waals surface area contributed by atoms with Crippen LogP contribution in [0.4, 0.5) is 0 Å². The Morgan fingerprint density at radius 2 is 2.50 bits per heavy atom. The van der Waals surface area contributed by atoms with E-state index in [9.17, 15) is 4.79 Å². The highest BCUT2D eigenvalue weighted by Gasteiger charge is 2.29. The van der Waals surface area contributed by atoms with Gasteiger partial charge in [-0.2, -0.15) is 0 Å². The third-order valence-corrected chi connectivity index (χ3v) is 1.62. The molecule has 1 saturated heterocycles. The highest BCUT2D eigenvalue weighted by molar-refractivity contribution is 6.13. The fourth-order valence-electron chi connectivity index (χ4n) is 0.950. The van der Waals surface area contributed by atoms with Crippen LogP contribution in [0.1, 0.15) is 6.42 Å². The van der Waals surface area contributed by atoms with Crippen molar-refractivity contribution in [2.24, 2.45) is 0 Å². The van der Waals surface area contributed by atoms with Crippen molar-refractivity contribution in [1.29, 1.82) is 0 Å². The van der Waals surface area contributed by atoms with Gasteiger partial charge in [0, 0.05) is 13.0 Å². The number of hydrogen-bond donors (Lipinski definition) is 2. The fraction of sp³-hybridized carbons (Fsp3) is 0.800. The molecule has 1 rings (SSSR count). The molecule has 2 atom stereocenters. The Hall–Kier alpha value is -0.320. The maximum absolute atomic E-state index is 10.6. The van der Waals surface area contributed by atoms with Gasteiger partial charge in [-0.25, -0.2) is 4.79 Å². The van der Waals surface area contributed by atoms with Crippen LogP contribution < -0.4 is 5.32 Å². The highest BCUT2D eigenvalue weighted by Crippen LogP contribution is 2.07. The van der Waals surface area contributed by atoms with Crippen molar-refractivity contribution < 1.29 is 14.2 Å². The highest BCUT2D eigenvalue weighted by atomic mass is 35.5. The van der Waals surface area contributed by atoms with Crippen molar-refractivity contribution in [1.82, 2.24) is 5.32 Å². The second kappa shape index (κ2) is 3.18. The Kier molecular flexibility index (Phi) is 2.48. The van der Waals surface area contributed by atoms with E-state index in [1.807, 2.05) is 0 Å². The van der Waals surface area contributed by atoms with Gasteiger partial charge >= 0.3 is 5.97 Å². The molecular weight excluding hydrogens is 158 g/mol. The summed E-state index contributed by atoms with van der Waals surface area (Å²) in [5, 5.41) is 11.7. The first kappa shape index (κ1) is 7.78. The summed E-state index contributed by atoms with van der Waals surface area (Å²) in [6.45, 7) is 0.427. The molecular formula is C5H8ClNO3. The molecule has 1 heterocycles. The van der Waals surface area contributed by atoms with Crippen LogP contribution in [0, 0.1) is 0 Å². The average molecular weight is 166 g/mol. The van der Waals surface area contributed by atoms with Crippen LogP contribution in [-0.4, -0.2) is 29.8 Å². The lowest BCUT2D eigenvalue weighted by molar-refractivity contribution is -0.136. The van der Waals surface area contributed by atoms with Gasteiger partial charge in [0.05, 0.1) is 6.10 Å². The van der Waals surface area contributed by atoms with Crippen molar-refractivity contribution in [2.45, 2.75) is 18.6 Å². The molecule has 0 aromatic heterocycles. The minimum absolute atomic E-state index is 0.381. The van der Waals surface area contributed by atoms with Gasteiger partial charge in [0.1, 0.15) is 17.9 Å². The van der Waals surface area contributed by atoms with Gasteiger partial charge in [-0.05, 0) is 0 Å². The van der Waals surface area contributed by atoms with Gasteiger partial charge in [-0.3, -0.25) is 0 Å². The predicted molar refractivity (Wildman–Crippen MR) is 34.4 cm³/mol. The van der Waals surface area contributed by atoms with Crippen LogP contribution in [0.25, 0.3) is 0 Å².